The number of hydrogen-bond donors (Lipinski definition) is 2. The molecule has 0 aliphatic rings. The van der Waals surface area contributed by atoms with Crippen molar-refractivity contribution in [1.29, 1.82) is 0 Å². The molecule has 0 radical (unpaired) electrons. The number of rotatable bonds is 4. The Morgan fingerprint density at radius 3 is 2.71 bits per heavy atom. The fraction of sp³-hybridized carbons (Fsp3) is 0.364. The van der Waals surface area contributed by atoms with Gasteiger partial charge in [-0.05, 0) is 22.4 Å². The molecule has 0 amide bonds. The third kappa shape index (κ3) is 2.88. The Morgan fingerprint density at radius 2 is 2.24 bits per heavy atom. The highest BCUT2D eigenvalue weighted by Gasteiger charge is 2.21. The fourth-order valence-electron chi connectivity index (χ4n) is 1.40. The average molecular weight is 307 g/mol. The van der Waals surface area contributed by atoms with Crippen LogP contribution in [0.25, 0.3) is 0 Å². The summed E-state index contributed by atoms with van der Waals surface area (Å²) in [5.41, 5.74) is 0.176. The average Bonchev–Trinajstić information content (AvgIpc) is 2.24. The second-order valence-electron chi connectivity index (χ2n) is 3.65. The minimum Gasteiger partial charge on any atom is -0.504 e. The van der Waals surface area contributed by atoms with Gasteiger partial charge < -0.3 is 14.9 Å². The highest BCUT2D eigenvalue weighted by molar-refractivity contribution is 9.10. The Morgan fingerprint density at radius 1 is 1.65 bits per heavy atom. The number of carbonyl (C=O) groups is 1. The van der Waals surface area contributed by atoms with Crippen LogP contribution < -0.4 is 4.74 Å². The molecular weight excluding hydrogens is 295 g/mol. The van der Waals surface area contributed by atoms with Crippen LogP contribution in [0.1, 0.15) is 12.5 Å². The van der Waals surface area contributed by atoms with Crippen LogP contribution in [0, 0.1) is 11.7 Å². The number of hydrogen-bond acceptors (Lipinski definition) is 3. The summed E-state index contributed by atoms with van der Waals surface area (Å²) in [6.45, 7) is 1.48. The van der Waals surface area contributed by atoms with E-state index in [4.69, 9.17) is 9.84 Å². The van der Waals surface area contributed by atoms with Gasteiger partial charge in [-0.15, -0.1) is 0 Å². The number of carboxylic acids is 1. The van der Waals surface area contributed by atoms with E-state index in [-0.39, 0.29) is 28.0 Å². The number of ether oxygens (including phenoxy) is 1. The minimum atomic E-state index is -1.01. The number of phenols is 1. The largest absolute Gasteiger partial charge is 0.504 e. The molecule has 1 atom stereocenters. The fourth-order valence-corrected chi connectivity index (χ4v) is 2.12. The topological polar surface area (TPSA) is 66.8 Å². The summed E-state index contributed by atoms with van der Waals surface area (Å²) in [5.74, 6) is -2.63. The first-order valence-electron chi connectivity index (χ1n) is 4.85. The molecule has 0 saturated heterocycles. The molecule has 1 rings (SSSR count). The van der Waals surface area contributed by atoms with Crippen LogP contribution in [-0.2, 0) is 11.2 Å². The lowest BCUT2D eigenvalue weighted by Crippen LogP contribution is -2.13. The summed E-state index contributed by atoms with van der Waals surface area (Å²) in [6.07, 6.45) is 0.0123. The van der Waals surface area contributed by atoms with Crippen LogP contribution in [0.2, 0.25) is 0 Å². The van der Waals surface area contributed by atoms with Crippen LogP contribution in [0.3, 0.4) is 0 Å². The highest BCUT2D eigenvalue weighted by atomic mass is 79.9. The number of phenolic OH excluding ortho intramolecular Hbond substituents is 1. The van der Waals surface area contributed by atoms with Crippen molar-refractivity contribution in [1.82, 2.24) is 0 Å². The number of halogens is 2. The van der Waals surface area contributed by atoms with Crippen molar-refractivity contribution in [3.8, 4) is 11.5 Å². The predicted molar refractivity (Wildman–Crippen MR) is 62.8 cm³/mol. The van der Waals surface area contributed by atoms with Crippen molar-refractivity contribution in [2.24, 2.45) is 5.92 Å². The number of aromatic hydroxyl groups is 1. The number of aliphatic carboxylic acids is 1. The standard InChI is InChI=1S/C11H12BrFO4/c1-5(11(15)16)3-6-7(13)4-8(14)10(17-2)9(6)12/h4-5,14H,3H2,1-2H3,(H,15,16). The predicted octanol–water partition coefficient (Wildman–Crippen LogP) is 2.57. The molecule has 0 aliphatic carbocycles. The Bertz CT molecular complexity index is 448. The van der Waals surface area contributed by atoms with E-state index in [0.717, 1.165) is 6.07 Å². The number of carboxylic acid groups (broad SMARTS) is 1. The summed E-state index contributed by atoms with van der Waals surface area (Å²) in [5, 5.41) is 18.2. The van der Waals surface area contributed by atoms with Crippen molar-refractivity contribution >= 4 is 21.9 Å². The maximum Gasteiger partial charge on any atom is 0.306 e. The van der Waals surface area contributed by atoms with Crippen molar-refractivity contribution < 1.29 is 24.1 Å². The van der Waals surface area contributed by atoms with E-state index in [0.29, 0.717) is 0 Å². The van der Waals surface area contributed by atoms with Crippen LogP contribution in [0.15, 0.2) is 10.5 Å². The van der Waals surface area contributed by atoms with Crippen molar-refractivity contribution in [3.63, 3.8) is 0 Å². The summed E-state index contributed by atoms with van der Waals surface area (Å²) in [4.78, 5) is 10.7. The maximum atomic E-state index is 13.6. The molecule has 0 saturated carbocycles. The third-order valence-corrected chi connectivity index (χ3v) is 3.22. The zero-order valence-corrected chi connectivity index (χ0v) is 10.9. The lowest BCUT2D eigenvalue weighted by Gasteiger charge is -2.13. The Balaban J connectivity index is 3.20. The van der Waals surface area contributed by atoms with Crippen LogP contribution in [-0.4, -0.2) is 23.3 Å². The van der Waals surface area contributed by atoms with Gasteiger partial charge in [0.05, 0.1) is 17.5 Å². The van der Waals surface area contributed by atoms with Crippen LogP contribution >= 0.6 is 15.9 Å². The lowest BCUT2D eigenvalue weighted by atomic mass is 10.0. The SMILES string of the molecule is COc1c(O)cc(F)c(CC(C)C(=O)O)c1Br. The molecule has 94 valence electrons. The van der Waals surface area contributed by atoms with Gasteiger partial charge in [-0.25, -0.2) is 4.39 Å². The second-order valence-corrected chi connectivity index (χ2v) is 4.44. The monoisotopic (exact) mass is 306 g/mol. The first-order chi connectivity index (χ1) is 7.88. The molecule has 2 N–H and O–H groups in total. The molecule has 0 bridgehead atoms. The van der Waals surface area contributed by atoms with Gasteiger partial charge in [0.2, 0.25) is 0 Å². The van der Waals surface area contributed by atoms with Gasteiger partial charge in [0.25, 0.3) is 0 Å². The quantitative estimate of drug-likeness (QED) is 0.897. The molecular formula is C11H12BrFO4. The van der Waals surface area contributed by atoms with E-state index in [1.807, 2.05) is 0 Å². The molecule has 0 aromatic heterocycles. The Kier molecular flexibility index (Phi) is 4.34. The molecule has 0 heterocycles. The van der Waals surface area contributed by atoms with Gasteiger partial charge >= 0.3 is 5.97 Å². The minimum absolute atomic E-state index is 0.0123. The van der Waals surface area contributed by atoms with E-state index < -0.39 is 17.7 Å². The Labute approximate surface area is 106 Å². The molecule has 1 aromatic rings. The maximum absolute atomic E-state index is 13.6. The van der Waals surface area contributed by atoms with E-state index in [1.165, 1.54) is 14.0 Å². The van der Waals surface area contributed by atoms with E-state index in [2.05, 4.69) is 15.9 Å². The van der Waals surface area contributed by atoms with Gasteiger partial charge in [-0.1, -0.05) is 6.92 Å². The van der Waals surface area contributed by atoms with Gasteiger partial charge in [-0.2, -0.15) is 0 Å². The molecule has 6 heteroatoms. The van der Waals surface area contributed by atoms with Gasteiger partial charge in [0.15, 0.2) is 11.5 Å². The third-order valence-electron chi connectivity index (χ3n) is 2.38. The van der Waals surface area contributed by atoms with Crippen LogP contribution in [0.5, 0.6) is 11.5 Å². The zero-order chi connectivity index (χ0) is 13.2. The molecule has 0 aliphatic heterocycles. The van der Waals surface area contributed by atoms with Gasteiger partial charge in [-0.3, -0.25) is 4.79 Å². The van der Waals surface area contributed by atoms with Crippen molar-refractivity contribution in [2.45, 2.75) is 13.3 Å². The first-order valence-corrected chi connectivity index (χ1v) is 5.64. The number of benzene rings is 1. The lowest BCUT2D eigenvalue weighted by molar-refractivity contribution is -0.141. The van der Waals surface area contributed by atoms with E-state index in [1.54, 1.807) is 0 Å². The molecule has 0 spiro atoms. The van der Waals surface area contributed by atoms with E-state index in [9.17, 15) is 14.3 Å². The highest BCUT2D eigenvalue weighted by Crippen LogP contribution is 2.39. The molecule has 4 nitrogen and oxygen atoms in total. The molecule has 0 fully saturated rings. The van der Waals surface area contributed by atoms with Gasteiger partial charge in [0, 0.05) is 11.6 Å². The second kappa shape index (κ2) is 5.35. The smallest absolute Gasteiger partial charge is 0.306 e. The molecule has 1 unspecified atom stereocenters. The van der Waals surface area contributed by atoms with Crippen molar-refractivity contribution in [3.05, 3.63) is 21.9 Å². The molecule has 17 heavy (non-hydrogen) atoms. The molecule has 1 aromatic carbocycles. The summed E-state index contributed by atoms with van der Waals surface area (Å²) < 4.78 is 18.8. The van der Waals surface area contributed by atoms with Crippen molar-refractivity contribution in [2.75, 3.05) is 7.11 Å². The Hall–Kier alpha value is -1.30. The summed E-state index contributed by atoms with van der Waals surface area (Å²) in [7, 11) is 1.34. The first kappa shape index (κ1) is 13.8. The summed E-state index contributed by atoms with van der Waals surface area (Å²) in [6, 6.07) is 0.910. The van der Waals surface area contributed by atoms with Crippen LogP contribution in [0.4, 0.5) is 4.39 Å². The zero-order valence-electron chi connectivity index (χ0n) is 9.33. The van der Waals surface area contributed by atoms with E-state index >= 15 is 0 Å². The number of methoxy groups -OCH3 is 1. The van der Waals surface area contributed by atoms with Gasteiger partial charge in [0.1, 0.15) is 5.82 Å². The normalized spacial score (nSPS) is 12.2. The summed E-state index contributed by atoms with van der Waals surface area (Å²) >= 11 is 3.10.